The van der Waals surface area contributed by atoms with Crippen molar-refractivity contribution in [3.8, 4) is 5.88 Å². The van der Waals surface area contributed by atoms with Crippen molar-refractivity contribution in [2.45, 2.75) is 50.5 Å². The average Bonchev–Trinajstić information content (AvgIpc) is 2.97. The molecule has 1 aliphatic carbocycles. The van der Waals surface area contributed by atoms with Crippen LogP contribution in [0.3, 0.4) is 0 Å². The summed E-state index contributed by atoms with van der Waals surface area (Å²) in [5.41, 5.74) is -0.0378. The highest BCUT2D eigenvalue weighted by Crippen LogP contribution is 2.43. The topological polar surface area (TPSA) is 51.7 Å². The summed E-state index contributed by atoms with van der Waals surface area (Å²) >= 11 is 0. The zero-order valence-electron chi connectivity index (χ0n) is 14.9. The molecule has 4 rings (SSSR count). The van der Waals surface area contributed by atoms with Gasteiger partial charge in [0.15, 0.2) is 0 Å². The van der Waals surface area contributed by atoms with Crippen LogP contribution in [-0.2, 0) is 9.53 Å². The summed E-state index contributed by atoms with van der Waals surface area (Å²) in [4.78, 5) is 18.7. The number of carbonyl (C=O) groups excluding carboxylic acids is 1. The molecule has 1 unspecified atom stereocenters. The molecule has 5 nitrogen and oxygen atoms in total. The fourth-order valence-electron chi connectivity index (χ4n) is 4.50. The highest BCUT2D eigenvalue weighted by atomic mass is 16.5. The minimum absolute atomic E-state index is 0.0378. The van der Waals surface area contributed by atoms with Crippen LogP contribution < -0.4 is 4.74 Å². The summed E-state index contributed by atoms with van der Waals surface area (Å²) < 4.78 is 12.0. The lowest BCUT2D eigenvalue weighted by atomic mass is 9.77. The van der Waals surface area contributed by atoms with E-state index in [1.165, 1.54) is 6.42 Å². The molecule has 1 amide bonds. The van der Waals surface area contributed by atoms with E-state index < -0.39 is 0 Å². The molecule has 2 saturated heterocycles. The first-order valence-electron chi connectivity index (χ1n) is 9.73. The van der Waals surface area contributed by atoms with Crippen LogP contribution in [0.5, 0.6) is 5.88 Å². The predicted octanol–water partition coefficient (Wildman–Crippen LogP) is 3.05. The van der Waals surface area contributed by atoms with Gasteiger partial charge in [0.1, 0.15) is 0 Å². The zero-order valence-corrected chi connectivity index (χ0v) is 14.9. The van der Waals surface area contributed by atoms with E-state index in [4.69, 9.17) is 9.47 Å². The highest BCUT2D eigenvalue weighted by Gasteiger charge is 2.47. The molecule has 3 fully saturated rings. The summed E-state index contributed by atoms with van der Waals surface area (Å²) in [7, 11) is 0. The Labute approximate surface area is 149 Å². The van der Waals surface area contributed by atoms with Crippen molar-refractivity contribution in [1.82, 2.24) is 9.88 Å². The average molecular weight is 344 g/mol. The number of ether oxygens (including phenoxy) is 2. The molecule has 1 aromatic heterocycles. The van der Waals surface area contributed by atoms with Gasteiger partial charge < -0.3 is 14.4 Å². The first-order valence-corrected chi connectivity index (χ1v) is 9.73. The van der Waals surface area contributed by atoms with Gasteiger partial charge in [-0.3, -0.25) is 4.79 Å². The van der Waals surface area contributed by atoms with Gasteiger partial charge in [-0.1, -0.05) is 12.5 Å². The van der Waals surface area contributed by atoms with Gasteiger partial charge >= 0.3 is 0 Å². The van der Waals surface area contributed by atoms with E-state index in [9.17, 15) is 4.79 Å². The molecule has 25 heavy (non-hydrogen) atoms. The van der Waals surface area contributed by atoms with E-state index in [0.29, 0.717) is 30.2 Å². The Bertz CT molecular complexity index is 580. The molecular formula is C20H28N2O3. The molecule has 2 aliphatic heterocycles. The maximum absolute atomic E-state index is 12.5. The van der Waals surface area contributed by atoms with Gasteiger partial charge in [-0.2, -0.15) is 0 Å². The summed E-state index contributed by atoms with van der Waals surface area (Å²) in [5, 5.41) is 0. The van der Waals surface area contributed by atoms with Crippen molar-refractivity contribution < 1.29 is 14.3 Å². The first-order chi connectivity index (χ1) is 12.3. The second-order valence-corrected chi connectivity index (χ2v) is 7.66. The molecule has 1 spiro atoms. The number of nitrogens with zero attached hydrogens (tertiary/aromatic N) is 2. The quantitative estimate of drug-likeness (QED) is 0.824. The smallest absolute Gasteiger partial charge is 0.225 e. The first kappa shape index (κ1) is 16.8. The second-order valence-electron chi connectivity index (χ2n) is 7.66. The second kappa shape index (κ2) is 7.32. The number of pyridine rings is 1. The molecule has 1 atom stereocenters. The molecule has 3 heterocycles. The van der Waals surface area contributed by atoms with Gasteiger partial charge in [0.05, 0.1) is 12.2 Å². The van der Waals surface area contributed by atoms with Gasteiger partial charge in [-0.15, -0.1) is 0 Å². The number of carbonyl (C=O) groups is 1. The molecule has 1 saturated carbocycles. The summed E-state index contributed by atoms with van der Waals surface area (Å²) in [6.45, 7) is 3.22. The monoisotopic (exact) mass is 344 g/mol. The third-order valence-corrected chi connectivity index (χ3v) is 6.33. The lowest BCUT2D eigenvalue weighted by Crippen LogP contribution is -2.51. The molecular weight excluding hydrogens is 316 g/mol. The van der Waals surface area contributed by atoms with E-state index in [2.05, 4.69) is 9.88 Å². The number of piperidine rings is 1. The SMILES string of the molecule is O=C(C1CCC1)N1CCC2(CC1)OCCC2CCOc1ccccn1. The van der Waals surface area contributed by atoms with Gasteiger partial charge in [0.25, 0.3) is 0 Å². The fraction of sp³-hybridized carbons (Fsp3) is 0.700. The zero-order chi connectivity index (χ0) is 17.1. The van der Waals surface area contributed by atoms with Crippen LogP contribution in [0.25, 0.3) is 0 Å². The van der Waals surface area contributed by atoms with Crippen LogP contribution >= 0.6 is 0 Å². The van der Waals surface area contributed by atoms with E-state index >= 15 is 0 Å². The third kappa shape index (κ3) is 3.52. The van der Waals surface area contributed by atoms with E-state index in [0.717, 1.165) is 58.2 Å². The Balaban J connectivity index is 1.28. The number of aromatic nitrogens is 1. The van der Waals surface area contributed by atoms with Crippen molar-refractivity contribution in [3.05, 3.63) is 24.4 Å². The normalized spacial score (nSPS) is 25.8. The van der Waals surface area contributed by atoms with Crippen molar-refractivity contribution in [3.63, 3.8) is 0 Å². The van der Waals surface area contributed by atoms with Crippen LogP contribution in [0.15, 0.2) is 24.4 Å². The molecule has 0 aromatic carbocycles. The van der Waals surface area contributed by atoms with Crippen molar-refractivity contribution in [2.75, 3.05) is 26.3 Å². The van der Waals surface area contributed by atoms with Crippen molar-refractivity contribution >= 4 is 5.91 Å². The number of hydrogen-bond acceptors (Lipinski definition) is 4. The van der Waals surface area contributed by atoms with Gasteiger partial charge in [-0.05, 0) is 50.5 Å². The largest absolute Gasteiger partial charge is 0.478 e. The molecule has 0 N–H and O–H groups in total. The fourth-order valence-corrected chi connectivity index (χ4v) is 4.50. The van der Waals surface area contributed by atoms with Crippen LogP contribution in [0.1, 0.15) is 44.9 Å². The Morgan fingerprint density at radius 2 is 2.12 bits per heavy atom. The summed E-state index contributed by atoms with van der Waals surface area (Å²) in [6.07, 6.45) is 9.18. The number of rotatable bonds is 5. The lowest BCUT2D eigenvalue weighted by molar-refractivity contribution is -0.144. The minimum atomic E-state index is -0.0378. The molecule has 3 aliphatic rings. The molecule has 0 radical (unpaired) electrons. The standard InChI is InChI=1S/C20H28N2O3/c23-19(16-4-3-5-16)22-12-9-20(10-13-22)17(8-15-25-20)7-14-24-18-6-1-2-11-21-18/h1-2,6,11,16-17H,3-5,7-10,12-15H2. The van der Waals surface area contributed by atoms with Crippen molar-refractivity contribution in [1.29, 1.82) is 0 Å². The number of likely N-dealkylation sites (tertiary alicyclic amines) is 1. The lowest BCUT2D eigenvalue weighted by Gasteiger charge is -2.43. The maximum Gasteiger partial charge on any atom is 0.225 e. The Hall–Kier alpha value is -1.62. The maximum atomic E-state index is 12.5. The summed E-state index contributed by atoms with van der Waals surface area (Å²) in [6, 6.07) is 5.73. The van der Waals surface area contributed by atoms with Gasteiger partial charge in [-0.25, -0.2) is 4.98 Å². The van der Waals surface area contributed by atoms with Crippen LogP contribution in [0.4, 0.5) is 0 Å². The third-order valence-electron chi connectivity index (χ3n) is 6.33. The van der Waals surface area contributed by atoms with E-state index in [1.54, 1.807) is 6.20 Å². The Morgan fingerprint density at radius 1 is 1.28 bits per heavy atom. The van der Waals surface area contributed by atoms with E-state index in [1.807, 2.05) is 18.2 Å². The van der Waals surface area contributed by atoms with E-state index in [-0.39, 0.29) is 5.60 Å². The van der Waals surface area contributed by atoms with Crippen LogP contribution in [0.2, 0.25) is 0 Å². The predicted molar refractivity (Wildman–Crippen MR) is 94.3 cm³/mol. The van der Waals surface area contributed by atoms with Crippen molar-refractivity contribution in [2.24, 2.45) is 11.8 Å². The Kier molecular flexibility index (Phi) is 4.93. The van der Waals surface area contributed by atoms with Crippen LogP contribution in [-0.4, -0.2) is 47.7 Å². The van der Waals surface area contributed by atoms with Crippen LogP contribution in [0, 0.1) is 11.8 Å². The van der Waals surface area contributed by atoms with Gasteiger partial charge in [0, 0.05) is 37.9 Å². The Morgan fingerprint density at radius 3 is 2.80 bits per heavy atom. The number of amides is 1. The highest BCUT2D eigenvalue weighted by molar-refractivity contribution is 5.79. The van der Waals surface area contributed by atoms with Gasteiger partial charge in [0.2, 0.25) is 11.8 Å². The molecule has 136 valence electrons. The molecule has 0 bridgehead atoms. The minimum Gasteiger partial charge on any atom is -0.478 e. The summed E-state index contributed by atoms with van der Waals surface area (Å²) in [5.74, 6) is 1.91. The molecule has 1 aromatic rings. The molecule has 5 heteroatoms. The number of hydrogen-bond donors (Lipinski definition) is 0.